The summed E-state index contributed by atoms with van der Waals surface area (Å²) < 4.78 is 46.8. The third kappa shape index (κ3) is 2.82. The van der Waals surface area contributed by atoms with Gasteiger partial charge < -0.3 is 9.05 Å². The van der Waals surface area contributed by atoms with Crippen molar-refractivity contribution < 1.29 is 21.9 Å². The Labute approximate surface area is 118 Å². The molecule has 3 aromatic rings. The molecule has 9 heteroatoms. The van der Waals surface area contributed by atoms with E-state index in [1.54, 1.807) is 0 Å². The molecule has 0 aliphatic heterocycles. The van der Waals surface area contributed by atoms with Gasteiger partial charge in [-0.1, -0.05) is 10.3 Å². The molecule has 1 aromatic carbocycles. The van der Waals surface area contributed by atoms with Gasteiger partial charge in [0.15, 0.2) is 15.7 Å². The van der Waals surface area contributed by atoms with E-state index in [0.717, 1.165) is 12.1 Å². The van der Waals surface area contributed by atoms with Gasteiger partial charge in [0.1, 0.15) is 11.6 Å². The van der Waals surface area contributed by atoms with Gasteiger partial charge in [0.25, 0.3) is 5.89 Å². The third-order valence-electron chi connectivity index (χ3n) is 2.61. The fourth-order valence-corrected chi connectivity index (χ4v) is 2.81. The van der Waals surface area contributed by atoms with Crippen LogP contribution in [0.4, 0.5) is 4.39 Å². The summed E-state index contributed by atoms with van der Waals surface area (Å²) in [6, 6.07) is 6.02. The average molecular weight is 309 g/mol. The van der Waals surface area contributed by atoms with Crippen molar-refractivity contribution in [3.63, 3.8) is 0 Å². The highest BCUT2D eigenvalue weighted by Gasteiger charge is 2.20. The van der Waals surface area contributed by atoms with Crippen molar-refractivity contribution >= 4 is 9.84 Å². The van der Waals surface area contributed by atoms with Crippen LogP contribution in [-0.4, -0.2) is 23.7 Å². The molecule has 3 rings (SSSR count). The Bertz CT molecular complexity index is 841. The molecule has 108 valence electrons. The highest BCUT2D eigenvalue weighted by molar-refractivity contribution is 7.90. The van der Waals surface area contributed by atoms with Gasteiger partial charge in [-0.15, -0.1) is 0 Å². The summed E-state index contributed by atoms with van der Waals surface area (Å²) in [7, 11) is -3.68. The Morgan fingerprint density at radius 2 is 1.86 bits per heavy atom. The Balaban J connectivity index is 1.84. The van der Waals surface area contributed by atoms with Crippen LogP contribution in [0, 0.1) is 5.82 Å². The molecule has 21 heavy (non-hydrogen) atoms. The summed E-state index contributed by atoms with van der Waals surface area (Å²) in [5, 5.41) is 7.05. The number of hydrogen-bond acceptors (Lipinski definition) is 7. The molecule has 0 N–H and O–H groups in total. The predicted molar refractivity (Wildman–Crippen MR) is 67.1 cm³/mol. The molecule has 2 aromatic heterocycles. The van der Waals surface area contributed by atoms with Crippen LogP contribution in [0.5, 0.6) is 0 Å². The number of nitrogens with zero attached hydrogens (tertiary/aromatic N) is 3. The van der Waals surface area contributed by atoms with Gasteiger partial charge in [0, 0.05) is 6.07 Å². The van der Waals surface area contributed by atoms with Crippen LogP contribution in [0.3, 0.4) is 0 Å². The first-order valence-electron chi connectivity index (χ1n) is 5.76. The van der Waals surface area contributed by atoms with Crippen LogP contribution in [0.25, 0.3) is 11.7 Å². The molecule has 0 spiro atoms. The summed E-state index contributed by atoms with van der Waals surface area (Å²) in [5.41, 5.74) is 0. The molecule has 2 heterocycles. The van der Waals surface area contributed by atoms with Gasteiger partial charge in [-0.05, 0) is 24.3 Å². The molecule has 0 fully saturated rings. The lowest BCUT2D eigenvalue weighted by atomic mass is 10.4. The zero-order chi connectivity index (χ0) is 14.9. The minimum atomic E-state index is -3.68. The van der Waals surface area contributed by atoms with Gasteiger partial charge in [-0.3, -0.25) is 0 Å². The smallest absolute Gasteiger partial charge is 0.296 e. The standard InChI is InChI=1S/C12H8FN3O4S/c13-8-1-3-9(4-2-8)21(17,18)7-11-15-12(20-16-11)10-5-6-14-19-10/h1-6H,7H2. The zero-order valence-corrected chi connectivity index (χ0v) is 11.2. The van der Waals surface area contributed by atoms with Gasteiger partial charge in [-0.2, -0.15) is 4.98 Å². The molecule has 0 unspecified atom stereocenters. The predicted octanol–water partition coefficient (Wildman–Crippen LogP) is 1.84. The number of hydrogen-bond donors (Lipinski definition) is 0. The van der Waals surface area contributed by atoms with E-state index in [2.05, 4.69) is 15.3 Å². The number of halogens is 1. The Kier molecular flexibility index (Phi) is 3.26. The molecule has 0 aliphatic rings. The lowest BCUT2D eigenvalue weighted by Gasteiger charge is -2.00. The molecule has 0 aliphatic carbocycles. The topological polar surface area (TPSA) is 99.1 Å². The fraction of sp³-hybridized carbons (Fsp3) is 0.0833. The molecule has 0 amide bonds. The summed E-state index contributed by atoms with van der Waals surface area (Å²) in [4.78, 5) is 3.90. The van der Waals surface area contributed by atoms with E-state index < -0.39 is 21.4 Å². The van der Waals surface area contributed by atoms with Crippen LogP contribution in [0.2, 0.25) is 0 Å². The summed E-state index contributed by atoms with van der Waals surface area (Å²) in [6.07, 6.45) is 1.40. The number of aromatic nitrogens is 3. The lowest BCUT2D eigenvalue weighted by molar-refractivity contribution is 0.382. The van der Waals surface area contributed by atoms with E-state index in [1.165, 1.54) is 24.4 Å². The van der Waals surface area contributed by atoms with Gasteiger partial charge in [0.05, 0.1) is 11.1 Å². The Morgan fingerprint density at radius 3 is 2.52 bits per heavy atom. The van der Waals surface area contributed by atoms with Crippen molar-refractivity contribution in [2.75, 3.05) is 0 Å². The van der Waals surface area contributed by atoms with Crippen molar-refractivity contribution in [1.82, 2.24) is 15.3 Å². The SMILES string of the molecule is O=S(=O)(Cc1noc(-c2ccno2)n1)c1ccc(F)cc1. The van der Waals surface area contributed by atoms with Crippen LogP contribution in [-0.2, 0) is 15.6 Å². The largest absolute Gasteiger partial charge is 0.351 e. The summed E-state index contributed by atoms with van der Waals surface area (Å²) >= 11 is 0. The van der Waals surface area contributed by atoms with Gasteiger partial charge in [-0.25, -0.2) is 12.8 Å². The maximum atomic E-state index is 12.8. The lowest BCUT2D eigenvalue weighted by Crippen LogP contribution is -2.06. The van der Waals surface area contributed by atoms with E-state index in [1.807, 2.05) is 0 Å². The molecule has 0 atom stereocenters. The highest BCUT2D eigenvalue weighted by atomic mass is 32.2. The number of rotatable bonds is 4. The number of benzene rings is 1. The highest BCUT2D eigenvalue weighted by Crippen LogP contribution is 2.19. The molecular formula is C12H8FN3O4S. The van der Waals surface area contributed by atoms with E-state index in [0.29, 0.717) is 0 Å². The maximum absolute atomic E-state index is 12.8. The second kappa shape index (κ2) is 5.09. The normalized spacial score (nSPS) is 11.7. The van der Waals surface area contributed by atoms with E-state index in [-0.39, 0.29) is 22.4 Å². The molecule has 0 saturated carbocycles. The first kappa shape index (κ1) is 13.4. The van der Waals surface area contributed by atoms with Crippen LogP contribution < -0.4 is 0 Å². The molecule has 0 radical (unpaired) electrons. The first-order valence-corrected chi connectivity index (χ1v) is 7.42. The van der Waals surface area contributed by atoms with Crippen LogP contribution >= 0.6 is 0 Å². The third-order valence-corrected chi connectivity index (χ3v) is 4.24. The quantitative estimate of drug-likeness (QED) is 0.678. The summed E-state index contributed by atoms with van der Waals surface area (Å²) in [6.45, 7) is 0. The Morgan fingerprint density at radius 1 is 1.10 bits per heavy atom. The van der Waals surface area contributed by atoms with Crippen molar-refractivity contribution in [1.29, 1.82) is 0 Å². The maximum Gasteiger partial charge on any atom is 0.296 e. The Hall–Kier alpha value is -2.55. The van der Waals surface area contributed by atoms with E-state index in [9.17, 15) is 12.8 Å². The van der Waals surface area contributed by atoms with Crippen molar-refractivity contribution in [3.05, 3.63) is 48.2 Å². The van der Waals surface area contributed by atoms with Crippen molar-refractivity contribution in [2.45, 2.75) is 10.6 Å². The van der Waals surface area contributed by atoms with E-state index in [4.69, 9.17) is 9.05 Å². The van der Waals surface area contributed by atoms with Crippen molar-refractivity contribution in [2.24, 2.45) is 0 Å². The first-order chi connectivity index (χ1) is 10.0. The second-order valence-corrected chi connectivity index (χ2v) is 6.10. The monoisotopic (exact) mass is 309 g/mol. The average Bonchev–Trinajstić information content (AvgIpc) is 3.09. The van der Waals surface area contributed by atoms with Crippen LogP contribution in [0.1, 0.15) is 5.82 Å². The minimum Gasteiger partial charge on any atom is -0.351 e. The van der Waals surface area contributed by atoms with Gasteiger partial charge >= 0.3 is 0 Å². The molecule has 7 nitrogen and oxygen atoms in total. The van der Waals surface area contributed by atoms with Gasteiger partial charge in [0.2, 0.25) is 5.76 Å². The van der Waals surface area contributed by atoms with Crippen molar-refractivity contribution in [3.8, 4) is 11.7 Å². The summed E-state index contributed by atoms with van der Waals surface area (Å²) in [5.74, 6) is -0.715. The van der Waals surface area contributed by atoms with E-state index >= 15 is 0 Å². The zero-order valence-electron chi connectivity index (χ0n) is 10.4. The number of sulfone groups is 1. The molecular weight excluding hydrogens is 301 g/mol. The fourth-order valence-electron chi connectivity index (χ4n) is 1.63. The van der Waals surface area contributed by atoms with Crippen LogP contribution in [0.15, 0.2) is 50.5 Å². The molecule has 0 bridgehead atoms. The second-order valence-electron chi connectivity index (χ2n) is 4.11. The molecule has 0 saturated heterocycles. The minimum absolute atomic E-state index is 0.0186.